The minimum atomic E-state index is -6.54. The summed E-state index contributed by atoms with van der Waals surface area (Å²) < 4.78 is 101. The molecule has 9 rings (SSSR count). The summed E-state index contributed by atoms with van der Waals surface area (Å²) in [6.45, 7) is -8.20. The molecule has 43 heteroatoms. The lowest BCUT2D eigenvalue weighted by molar-refractivity contribution is -0.746. The quantitative estimate of drug-likeness (QED) is 0.0260. The van der Waals surface area contributed by atoms with Gasteiger partial charge in [0.05, 0.1) is 39.5 Å². The van der Waals surface area contributed by atoms with Crippen LogP contribution in [0, 0.1) is 0 Å². The normalized spacial score (nSPS) is 30.2. The third-order valence-electron chi connectivity index (χ3n) is 11.8. The first kappa shape index (κ1) is 56.0. The van der Waals surface area contributed by atoms with Crippen LogP contribution < -0.4 is 52.5 Å². The molecule has 0 saturated carbocycles. The fraction of sp³-hybridized carbons (Fsp3) is 0.545. The lowest BCUT2D eigenvalue weighted by atomic mass is 10.1. The first-order valence-corrected chi connectivity index (χ1v) is 28.4. The number of rotatable bonds is 20. The number of aryl methyl sites for hydroxylation is 1. The van der Waals surface area contributed by atoms with E-state index in [-0.39, 0.29) is 51.2 Å². The highest BCUT2D eigenvalue weighted by Crippen LogP contribution is 2.63. The second kappa shape index (κ2) is 21.1. The Morgan fingerprint density at radius 1 is 0.711 bits per heavy atom. The van der Waals surface area contributed by atoms with Gasteiger partial charge in [-0.3, -0.25) is 47.0 Å². The first-order chi connectivity index (χ1) is 35.7. The molecule has 3 aliphatic rings. The number of imidazole rings is 3. The van der Waals surface area contributed by atoms with Crippen LogP contribution >= 0.6 is 30.2 Å². The molecule has 0 radical (unpaired) electrons. The number of hydrogen-bond donors (Lipinski definition) is 8. The highest BCUT2D eigenvalue weighted by molar-refractivity contribution is 8.06. The molecule has 6 aromatic heterocycles. The minimum Gasteiger partial charge on any atom is -0.780 e. The third-order valence-corrected chi connectivity index (χ3v) is 17.4. The van der Waals surface area contributed by atoms with Crippen LogP contribution in [0.15, 0.2) is 34.9 Å². The van der Waals surface area contributed by atoms with Crippen LogP contribution in [0.4, 0.5) is 17.7 Å². The van der Waals surface area contributed by atoms with Crippen molar-refractivity contribution >= 4 is 93.2 Å². The molecule has 9 heterocycles. The largest absolute Gasteiger partial charge is 0.780 e. The summed E-state index contributed by atoms with van der Waals surface area (Å²) in [4.78, 5) is 106. The van der Waals surface area contributed by atoms with Crippen molar-refractivity contribution in [1.29, 1.82) is 0 Å². The Hall–Kier alpha value is -4.73. The second-order valence-electron chi connectivity index (χ2n) is 16.6. The van der Waals surface area contributed by atoms with E-state index in [1.54, 1.807) is 0 Å². The van der Waals surface area contributed by atoms with Crippen molar-refractivity contribution in [2.45, 2.75) is 73.6 Å². The van der Waals surface area contributed by atoms with Gasteiger partial charge in [0.1, 0.15) is 73.5 Å². The summed E-state index contributed by atoms with van der Waals surface area (Å²) in [5.41, 5.74) is 15.7. The Labute approximate surface area is 427 Å². The Balaban J connectivity index is 0.865. The summed E-state index contributed by atoms with van der Waals surface area (Å²) >= 11 is 5.15. The van der Waals surface area contributed by atoms with Gasteiger partial charge in [-0.2, -0.15) is 4.98 Å². The van der Waals surface area contributed by atoms with Crippen molar-refractivity contribution in [2.75, 3.05) is 51.2 Å². The van der Waals surface area contributed by atoms with Crippen molar-refractivity contribution in [1.82, 2.24) is 53.6 Å². The number of phosphoric acid groups is 3. The van der Waals surface area contributed by atoms with E-state index < -0.39 is 135 Å². The van der Waals surface area contributed by atoms with Gasteiger partial charge in [0.2, 0.25) is 17.7 Å². The molecule has 3 aliphatic heterocycles. The molecule has 0 aromatic carbocycles. The van der Waals surface area contributed by atoms with Gasteiger partial charge in [0.15, 0.2) is 41.4 Å². The zero-order chi connectivity index (χ0) is 55.0. The number of nitrogen functional groups attached to an aromatic ring is 3. The number of H-pyrrole nitrogens is 2. The van der Waals surface area contributed by atoms with Crippen LogP contribution in [0.5, 0.6) is 0 Å². The Kier molecular flexibility index (Phi) is 15.6. The second-order valence-corrected chi connectivity index (χ2v) is 23.8. The Morgan fingerprint density at radius 3 is 1.96 bits per heavy atom. The fourth-order valence-corrected chi connectivity index (χ4v) is 13.3. The number of nitrogens with zero attached hydrogens (tertiary/aromatic N) is 10. The lowest BCUT2D eigenvalue weighted by Gasteiger charge is -2.36. The van der Waals surface area contributed by atoms with Crippen molar-refractivity contribution in [3.8, 4) is 0 Å². The van der Waals surface area contributed by atoms with Gasteiger partial charge in [0, 0.05) is 14.2 Å². The average molecular weight is 1170 g/mol. The van der Waals surface area contributed by atoms with Gasteiger partial charge >= 0.3 is 5.65 Å². The van der Waals surface area contributed by atoms with Gasteiger partial charge in [0.25, 0.3) is 40.5 Å². The number of fused-ring (bicyclic) bond motifs is 3. The molecule has 3 fully saturated rings. The van der Waals surface area contributed by atoms with Crippen LogP contribution in [-0.2, 0) is 83.0 Å². The number of ether oxygens (including phenoxy) is 5. The van der Waals surface area contributed by atoms with E-state index in [2.05, 4.69) is 53.0 Å². The maximum Gasteiger partial charge on any atom is 0.313 e. The van der Waals surface area contributed by atoms with Crippen LogP contribution in [0.2, 0.25) is 0 Å². The van der Waals surface area contributed by atoms with Gasteiger partial charge in [-0.1, -0.05) is 16.8 Å². The number of methoxy groups -OCH3 is 2. The van der Waals surface area contributed by atoms with Crippen LogP contribution in [0.25, 0.3) is 33.5 Å². The number of anilines is 3. The number of nitrogens with two attached hydrogens (primary N) is 3. The molecule has 11 N–H and O–H groups in total. The highest BCUT2D eigenvalue weighted by Gasteiger charge is 2.51. The topological polar surface area (TPSA) is 545 Å². The Bertz CT molecular complexity index is 3490. The van der Waals surface area contributed by atoms with Crippen molar-refractivity contribution < 1.29 is 104 Å². The smallest absolute Gasteiger partial charge is 0.313 e. The number of phosphoric ester groups is 2. The number of aromatic amines is 2. The SMILES string of the molecule is COC1[C@@H](O)[C@@H](COP(=O)([O-])OP(=O)([O-])OP(=O)([O-])OC[C@H]2O[C@@H](n3cnc4c(N)ncnc43)[C@@H](OC)C2OP([O-])(=S)OC[C@H]2O[C@@H](n3cnc4c(=O)[nH]c(N)nc43)[C@@H](O)C2O)O[C@H]1[n+]1cn(C)c2c(=O)[nH]c(N)nc21. The maximum absolute atomic E-state index is 13.9. The van der Waals surface area contributed by atoms with Crippen LogP contribution in [0.1, 0.15) is 18.7 Å². The molecule has 416 valence electrons. The van der Waals surface area contributed by atoms with Crippen molar-refractivity contribution in [3.63, 3.8) is 0 Å². The van der Waals surface area contributed by atoms with Crippen molar-refractivity contribution in [2.24, 2.45) is 7.05 Å². The maximum atomic E-state index is 13.9. The average Bonchev–Trinajstić information content (AvgIpc) is 4.18. The molecule has 7 unspecified atom stereocenters. The lowest BCUT2D eigenvalue weighted by Crippen LogP contribution is -2.47. The molecule has 0 bridgehead atoms. The van der Waals surface area contributed by atoms with Gasteiger partial charge in [-0.05, 0) is 0 Å². The van der Waals surface area contributed by atoms with E-state index in [1.165, 1.54) is 34.2 Å². The molecule has 6 aromatic rings. The Morgan fingerprint density at radius 2 is 1.29 bits per heavy atom. The molecular formula is C33H42N15O23P4S-3. The molecule has 38 nitrogen and oxygen atoms in total. The molecule has 16 atom stereocenters. The number of hydrogen-bond acceptors (Lipinski definition) is 33. The summed E-state index contributed by atoms with van der Waals surface area (Å²) in [6.07, 6.45) is -14.3. The monoisotopic (exact) mass is 1170 g/mol. The first-order valence-electron chi connectivity index (χ1n) is 21.5. The number of aliphatic hydroxyl groups is 3. The van der Waals surface area contributed by atoms with E-state index >= 15 is 0 Å². The van der Waals surface area contributed by atoms with E-state index in [9.17, 15) is 58.2 Å². The number of aromatic nitrogens is 12. The summed E-state index contributed by atoms with van der Waals surface area (Å²) in [5.74, 6) is -0.659. The molecular weight excluding hydrogens is 1130 g/mol. The standard InChI is InChI=1S/C33H45N15O23P4S/c1-45-10-48(26-16(45)28(53)44-33(36)42-26)30-21(61-2)18(50)12(67-30)4-63-72(54,55)70-74(58,59)71-73(56,57)64-6-13-20(22(62-3)31(68-13)46-8-39-14-23(34)37-7-38-24(14)46)69-75(60,76)65-5-11-17(49)19(51)29(66-11)47-9-40-15-25(47)41-32(35)43-27(15)52/h7-13,17-22,29-31,49-51H,4-6H2,1-3H3,(H11-,34,35,36,37,38,41,42,43,44,52,53,54,55,56,57,58,59,60,76)/p-3/t11-,12-,13-,17?,18+,19+,20?,21?,22+,29-,30-,31-,75?/m1/s1. The van der Waals surface area contributed by atoms with E-state index in [0.29, 0.717) is 0 Å². The molecule has 0 spiro atoms. The molecule has 76 heavy (non-hydrogen) atoms. The fourth-order valence-electron chi connectivity index (χ4n) is 8.50. The molecule has 3 saturated heterocycles. The van der Waals surface area contributed by atoms with Gasteiger partial charge in [-0.25, -0.2) is 33.1 Å². The highest BCUT2D eigenvalue weighted by atomic mass is 32.5. The van der Waals surface area contributed by atoms with Gasteiger partial charge in [-0.15, -0.1) is 0 Å². The number of aliphatic hydroxyl groups excluding tert-OH is 3. The molecule has 0 aliphatic carbocycles. The van der Waals surface area contributed by atoms with Crippen molar-refractivity contribution in [3.05, 3.63) is 46.0 Å². The van der Waals surface area contributed by atoms with E-state index in [0.717, 1.165) is 30.7 Å². The predicted molar refractivity (Wildman–Crippen MR) is 242 cm³/mol. The molecule has 0 amide bonds. The summed E-state index contributed by atoms with van der Waals surface area (Å²) in [7, 11) is -15.2. The van der Waals surface area contributed by atoms with E-state index in [4.69, 9.17) is 66.3 Å². The third kappa shape index (κ3) is 11.1. The van der Waals surface area contributed by atoms with Crippen LogP contribution in [-0.4, -0.2) is 158 Å². The number of nitrogens with one attached hydrogen (secondary N) is 2. The zero-order valence-electron chi connectivity index (χ0n) is 38.8. The van der Waals surface area contributed by atoms with Gasteiger partial charge < -0.3 is 93.9 Å². The minimum absolute atomic E-state index is 0.0223. The zero-order valence-corrected chi connectivity index (χ0v) is 43.2. The summed E-state index contributed by atoms with van der Waals surface area (Å²) in [6, 6.07) is 0. The summed E-state index contributed by atoms with van der Waals surface area (Å²) in [5, 5.41) is 32.8. The van der Waals surface area contributed by atoms with E-state index in [1.807, 2.05) is 0 Å². The van der Waals surface area contributed by atoms with Crippen LogP contribution in [0.3, 0.4) is 0 Å². The predicted octanol–water partition coefficient (Wildman–Crippen LogP) is -6.47.